The number of carbonyl (C=O) groups is 3. The highest BCUT2D eigenvalue weighted by Gasteiger charge is 2.45. The van der Waals surface area contributed by atoms with Gasteiger partial charge < -0.3 is 19.6 Å². The quantitative estimate of drug-likeness (QED) is 0.667. The molecule has 1 saturated heterocycles. The molecule has 2 aliphatic heterocycles. The molecule has 5 rings (SSSR count). The lowest BCUT2D eigenvalue weighted by molar-refractivity contribution is -0.122. The first-order valence-corrected chi connectivity index (χ1v) is 10.8. The lowest BCUT2D eigenvalue weighted by atomic mass is 10.0. The van der Waals surface area contributed by atoms with Crippen LogP contribution in [0.25, 0.3) is 0 Å². The first-order chi connectivity index (χ1) is 16.0. The van der Waals surface area contributed by atoms with Crippen molar-refractivity contribution in [2.45, 2.75) is 25.1 Å². The van der Waals surface area contributed by atoms with E-state index in [1.807, 2.05) is 54.6 Å². The SMILES string of the molecule is O=C(O)c1ccccc1C(=O)N1C[C@@H]2C[C@H]1C(=O)N(Cc1ccccc1)c1ccccc1O2. The number of fused-ring (bicyclic) bond motifs is 3. The van der Waals surface area contributed by atoms with Gasteiger partial charge in [-0.2, -0.15) is 0 Å². The van der Waals surface area contributed by atoms with Gasteiger partial charge in [0.15, 0.2) is 0 Å². The van der Waals surface area contributed by atoms with E-state index in [-0.39, 0.29) is 29.7 Å². The monoisotopic (exact) mass is 442 g/mol. The largest absolute Gasteiger partial charge is 0.486 e. The molecular weight excluding hydrogens is 420 g/mol. The Hall–Kier alpha value is -4.13. The molecule has 2 amide bonds. The maximum absolute atomic E-state index is 13.8. The van der Waals surface area contributed by atoms with Crippen molar-refractivity contribution in [3.63, 3.8) is 0 Å². The van der Waals surface area contributed by atoms with Gasteiger partial charge in [-0.05, 0) is 29.8 Å². The van der Waals surface area contributed by atoms with Crippen molar-refractivity contribution in [2.24, 2.45) is 0 Å². The number of ether oxygens (including phenoxy) is 1. The van der Waals surface area contributed by atoms with E-state index in [1.165, 1.54) is 17.0 Å². The van der Waals surface area contributed by atoms with Crippen LogP contribution in [-0.4, -0.2) is 46.5 Å². The number of carbonyl (C=O) groups excluding carboxylic acids is 2. The molecule has 0 unspecified atom stereocenters. The molecule has 0 spiro atoms. The highest BCUT2D eigenvalue weighted by molar-refractivity contribution is 6.08. The molecule has 3 aromatic carbocycles. The van der Waals surface area contributed by atoms with Gasteiger partial charge in [-0.15, -0.1) is 0 Å². The summed E-state index contributed by atoms with van der Waals surface area (Å²) in [4.78, 5) is 42.1. The summed E-state index contributed by atoms with van der Waals surface area (Å²) in [5.74, 6) is -1.29. The van der Waals surface area contributed by atoms with Crippen LogP contribution in [0.4, 0.5) is 5.69 Å². The van der Waals surface area contributed by atoms with Crippen LogP contribution < -0.4 is 9.64 Å². The number of carboxylic acids is 1. The molecule has 0 saturated carbocycles. The maximum Gasteiger partial charge on any atom is 0.336 e. The minimum atomic E-state index is -1.18. The normalized spacial score (nSPS) is 19.3. The third-order valence-electron chi connectivity index (χ3n) is 6.10. The van der Waals surface area contributed by atoms with Crippen molar-refractivity contribution in [3.05, 3.63) is 95.6 Å². The summed E-state index contributed by atoms with van der Waals surface area (Å²) in [6, 6.07) is 22.3. The predicted molar refractivity (Wildman–Crippen MR) is 121 cm³/mol. The van der Waals surface area contributed by atoms with E-state index < -0.39 is 17.9 Å². The highest BCUT2D eigenvalue weighted by atomic mass is 16.5. The van der Waals surface area contributed by atoms with Gasteiger partial charge >= 0.3 is 5.97 Å². The fourth-order valence-electron chi connectivity index (χ4n) is 4.54. The van der Waals surface area contributed by atoms with E-state index in [4.69, 9.17) is 4.74 Å². The second-order valence-electron chi connectivity index (χ2n) is 8.18. The number of aromatic carboxylic acids is 1. The van der Waals surface area contributed by atoms with Crippen LogP contribution in [0.15, 0.2) is 78.9 Å². The van der Waals surface area contributed by atoms with Crippen LogP contribution in [0.1, 0.15) is 32.7 Å². The Kier molecular flexibility index (Phi) is 5.30. The zero-order valence-corrected chi connectivity index (χ0v) is 17.8. The average molecular weight is 442 g/mol. The zero-order valence-electron chi connectivity index (χ0n) is 17.8. The molecule has 2 heterocycles. The topological polar surface area (TPSA) is 87.2 Å². The van der Waals surface area contributed by atoms with Crippen LogP contribution in [0.5, 0.6) is 5.75 Å². The average Bonchev–Trinajstić information content (AvgIpc) is 3.27. The lowest BCUT2D eigenvalue weighted by Crippen LogP contribution is -2.48. The second-order valence-corrected chi connectivity index (χ2v) is 8.18. The number of likely N-dealkylation sites (tertiary alicyclic amines) is 1. The van der Waals surface area contributed by atoms with Gasteiger partial charge in [0.1, 0.15) is 17.9 Å². The number of para-hydroxylation sites is 2. The van der Waals surface area contributed by atoms with Crippen molar-refractivity contribution in [2.75, 3.05) is 11.4 Å². The number of carboxylic acid groups (broad SMARTS) is 1. The molecule has 1 fully saturated rings. The third-order valence-corrected chi connectivity index (χ3v) is 6.10. The maximum atomic E-state index is 13.8. The molecule has 7 heteroatoms. The Morgan fingerprint density at radius 3 is 2.33 bits per heavy atom. The molecule has 0 aromatic heterocycles. The third kappa shape index (κ3) is 3.82. The Labute approximate surface area is 190 Å². The number of hydrogen-bond acceptors (Lipinski definition) is 4. The summed E-state index contributed by atoms with van der Waals surface area (Å²) in [5, 5.41) is 9.54. The smallest absolute Gasteiger partial charge is 0.336 e. The Balaban J connectivity index is 1.54. The van der Waals surface area contributed by atoms with Crippen LogP contribution in [0.2, 0.25) is 0 Å². The Morgan fingerprint density at radius 2 is 1.58 bits per heavy atom. The minimum absolute atomic E-state index is 0.0646. The lowest BCUT2D eigenvalue weighted by Gasteiger charge is -2.32. The summed E-state index contributed by atoms with van der Waals surface area (Å²) in [6.07, 6.45) is -0.0145. The molecule has 2 atom stereocenters. The van der Waals surface area contributed by atoms with Crippen molar-refractivity contribution >= 4 is 23.5 Å². The fourth-order valence-corrected chi connectivity index (χ4v) is 4.54. The second kappa shape index (κ2) is 8.43. The summed E-state index contributed by atoms with van der Waals surface area (Å²) in [6.45, 7) is 0.533. The summed E-state index contributed by atoms with van der Waals surface area (Å²) in [7, 11) is 0. The van der Waals surface area contributed by atoms with Crippen LogP contribution in [0, 0.1) is 0 Å². The molecule has 0 radical (unpaired) electrons. The van der Waals surface area contributed by atoms with Crippen molar-refractivity contribution in [1.82, 2.24) is 4.90 Å². The zero-order chi connectivity index (χ0) is 22.9. The van der Waals surface area contributed by atoms with Crippen molar-refractivity contribution in [3.8, 4) is 5.75 Å². The van der Waals surface area contributed by atoms with E-state index in [9.17, 15) is 19.5 Å². The Bertz CT molecular complexity index is 1230. The standard InChI is InChI=1S/C26H22N2O5/c29-24(19-10-4-5-11-20(19)26(31)32)28-16-18-14-22(28)25(30)27(15-17-8-2-1-3-9-17)21-12-6-7-13-23(21)33-18/h1-13,18,22H,14-16H2,(H,31,32)/t18-,22-/m0/s1. The minimum Gasteiger partial charge on any atom is -0.486 e. The van der Waals surface area contributed by atoms with E-state index >= 15 is 0 Å². The number of rotatable bonds is 4. The Morgan fingerprint density at radius 1 is 0.909 bits per heavy atom. The molecule has 33 heavy (non-hydrogen) atoms. The highest BCUT2D eigenvalue weighted by Crippen LogP contribution is 2.37. The van der Waals surface area contributed by atoms with Crippen LogP contribution >= 0.6 is 0 Å². The van der Waals surface area contributed by atoms with Gasteiger partial charge in [0.05, 0.1) is 29.9 Å². The van der Waals surface area contributed by atoms with Gasteiger partial charge in [-0.3, -0.25) is 9.59 Å². The molecule has 3 aromatic rings. The molecule has 7 nitrogen and oxygen atoms in total. The predicted octanol–water partition coefficient (Wildman–Crippen LogP) is 3.59. The molecule has 1 N–H and O–H groups in total. The number of nitrogens with zero attached hydrogens (tertiary/aromatic N) is 2. The molecule has 166 valence electrons. The van der Waals surface area contributed by atoms with Crippen LogP contribution in [0.3, 0.4) is 0 Å². The number of benzene rings is 3. The van der Waals surface area contributed by atoms with E-state index in [0.29, 0.717) is 24.4 Å². The van der Waals surface area contributed by atoms with E-state index in [1.54, 1.807) is 17.0 Å². The van der Waals surface area contributed by atoms with Gasteiger partial charge in [0.2, 0.25) is 5.91 Å². The summed E-state index contributed by atoms with van der Waals surface area (Å²) < 4.78 is 6.23. The van der Waals surface area contributed by atoms with Gasteiger partial charge in [-0.25, -0.2) is 4.79 Å². The van der Waals surface area contributed by atoms with E-state index in [2.05, 4.69) is 0 Å². The molecule has 2 bridgehead atoms. The molecule has 2 aliphatic rings. The number of amides is 2. The van der Waals surface area contributed by atoms with Crippen LogP contribution in [-0.2, 0) is 11.3 Å². The molecule has 0 aliphatic carbocycles. The first kappa shape index (κ1) is 20.8. The molecular formula is C26H22N2O5. The number of anilines is 1. The fraction of sp³-hybridized carbons (Fsp3) is 0.192. The van der Waals surface area contributed by atoms with Gasteiger partial charge in [0.25, 0.3) is 5.91 Å². The van der Waals surface area contributed by atoms with Gasteiger partial charge in [-0.1, -0.05) is 54.6 Å². The van der Waals surface area contributed by atoms with Crippen molar-refractivity contribution < 1.29 is 24.2 Å². The number of hydrogen-bond donors (Lipinski definition) is 1. The summed E-state index contributed by atoms with van der Waals surface area (Å²) >= 11 is 0. The first-order valence-electron chi connectivity index (χ1n) is 10.8. The van der Waals surface area contributed by atoms with Crippen molar-refractivity contribution in [1.29, 1.82) is 0 Å². The summed E-state index contributed by atoms with van der Waals surface area (Å²) in [5.41, 5.74) is 1.58. The van der Waals surface area contributed by atoms with Gasteiger partial charge in [0, 0.05) is 6.42 Å². The van der Waals surface area contributed by atoms with E-state index in [0.717, 1.165) is 5.56 Å².